The topological polar surface area (TPSA) is 87.2 Å². The maximum absolute atomic E-state index is 12.6. The van der Waals surface area contributed by atoms with Gasteiger partial charge in [-0.25, -0.2) is 17.5 Å². The summed E-state index contributed by atoms with van der Waals surface area (Å²) in [7, 11) is -0.551. The Morgan fingerprint density at radius 2 is 1.68 bits per heavy atom. The fourth-order valence-corrected chi connectivity index (χ4v) is 4.59. The van der Waals surface area contributed by atoms with Crippen LogP contribution in [0.1, 0.15) is 20.8 Å². The number of hydrogen-bond donors (Lipinski definition) is 0. The number of hydrogen-bond acceptors (Lipinski definition) is 5. The molecule has 0 bridgehead atoms. The fourth-order valence-electron chi connectivity index (χ4n) is 3.69. The number of fused-ring (bicyclic) bond motifs is 1. The molecule has 2 aromatic rings. The van der Waals surface area contributed by atoms with Gasteiger partial charge in [-0.1, -0.05) is 18.2 Å². The Bertz CT molecular complexity index is 1100. The first-order valence-corrected chi connectivity index (χ1v) is 11.4. The molecule has 0 radical (unpaired) electrons. The molecule has 0 spiro atoms. The van der Waals surface area contributed by atoms with E-state index in [4.69, 9.17) is 4.74 Å². The first kappa shape index (κ1) is 22.8. The second kappa shape index (κ2) is 8.68. The molecule has 1 unspecified atom stereocenters. The number of carbonyl (C=O) groups is 2. The molecule has 0 saturated carbocycles. The van der Waals surface area contributed by atoms with Crippen molar-refractivity contribution in [2.75, 3.05) is 37.0 Å². The number of rotatable bonds is 4. The molecule has 3 rings (SSSR count). The molecule has 0 fully saturated rings. The second-order valence-corrected chi connectivity index (χ2v) is 9.71. The van der Waals surface area contributed by atoms with E-state index < -0.39 is 16.1 Å². The molecule has 0 N–H and O–H groups in total. The normalized spacial score (nSPS) is 16.3. The first-order valence-electron chi connectivity index (χ1n) is 9.99. The SMILES string of the molecule is CCOC(=O)N1CC(C)N(C(C)=O)c2ccc(-c3ccc(S(=O)(=O)N(C)C)cc3)cc21. The van der Waals surface area contributed by atoms with Gasteiger partial charge in [0.15, 0.2) is 0 Å². The van der Waals surface area contributed by atoms with Crippen molar-refractivity contribution in [3.05, 3.63) is 42.5 Å². The Kier molecular flexibility index (Phi) is 6.38. The van der Waals surface area contributed by atoms with Crippen LogP contribution in [0.15, 0.2) is 47.4 Å². The van der Waals surface area contributed by atoms with E-state index in [0.29, 0.717) is 17.9 Å². The van der Waals surface area contributed by atoms with Crippen molar-refractivity contribution in [3.8, 4) is 11.1 Å². The smallest absolute Gasteiger partial charge is 0.414 e. The van der Waals surface area contributed by atoms with Gasteiger partial charge >= 0.3 is 6.09 Å². The zero-order valence-electron chi connectivity index (χ0n) is 18.3. The number of amides is 2. The summed E-state index contributed by atoms with van der Waals surface area (Å²) in [4.78, 5) is 28.2. The van der Waals surface area contributed by atoms with Gasteiger partial charge in [0.1, 0.15) is 0 Å². The lowest BCUT2D eigenvalue weighted by Gasteiger charge is -2.40. The summed E-state index contributed by atoms with van der Waals surface area (Å²) in [6, 6.07) is 11.8. The van der Waals surface area contributed by atoms with Crippen LogP contribution in [0.4, 0.5) is 16.2 Å². The van der Waals surface area contributed by atoms with E-state index in [0.717, 1.165) is 15.4 Å². The predicted molar refractivity (Wildman–Crippen MR) is 120 cm³/mol. The number of benzene rings is 2. The molecule has 0 saturated heterocycles. The molecular formula is C22H27N3O5S. The van der Waals surface area contributed by atoms with Crippen molar-refractivity contribution < 1.29 is 22.7 Å². The quantitative estimate of drug-likeness (QED) is 0.721. The van der Waals surface area contributed by atoms with Gasteiger partial charge in [-0.15, -0.1) is 0 Å². The number of sulfonamides is 1. The third-order valence-corrected chi connectivity index (χ3v) is 7.04. The van der Waals surface area contributed by atoms with E-state index in [1.165, 1.54) is 25.9 Å². The lowest BCUT2D eigenvalue weighted by Crippen LogP contribution is -2.51. The minimum atomic E-state index is -3.52. The van der Waals surface area contributed by atoms with Gasteiger partial charge in [-0.3, -0.25) is 9.69 Å². The van der Waals surface area contributed by atoms with Crippen LogP contribution in [0, 0.1) is 0 Å². The minimum Gasteiger partial charge on any atom is -0.449 e. The molecule has 0 aromatic heterocycles. The summed E-state index contributed by atoms with van der Waals surface area (Å²) >= 11 is 0. The van der Waals surface area contributed by atoms with Crippen molar-refractivity contribution in [1.29, 1.82) is 0 Å². The van der Waals surface area contributed by atoms with Crippen LogP contribution in [0.2, 0.25) is 0 Å². The number of anilines is 2. The second-order valence-electron chi connectivity index (χ2n) is 7.56. The van der Waals surface area contributed by atoms with E-state index >= 15 is 0 Å². The molecule has 31 heavy (non-hydrogen) atoms. The van der Waals surface area contributed by atoms with E-state index in [9.17, 15) is 18.0 Å². The van der Waals surface area contributed by atoms with E-state index in [1.54, 1.807) is 42.2 Å². The molecule has 0 aliphatic carbocycles. The molecule has 2 aromatic carbocycles. The maximum Gasteiger partial charge on any atom is 0.414 e. The standard InChI is InChI=1S/C22H27N3O5S/c1-6-30-22(27)24-14-15(2)25(16(3)26)20-12-9-18(13-21(20)24)17-7-10-19(11-8-17)31(28,29)23(4)5/h7-13,15H,6,14H2,1-5H3. The van der Waals surface area contributed by atoms with E-state index in [1.807, 2.05) is 19.1 Å². The summed E-state index contributed by atoms with van der Waals surface area (Å²) in [5.74, 6) is -0.108. The van der Waals surface area contributed by atoms with Crippen molar-refractivity contribution in [2.45, 2.75) is 31.7 Å². The first-order chi connectivity index (χ1) is 14.6. The van der Waals surface area contributed by atoms with Crippen LogP contribution >= 0.6 is 0 Å². The van der Waals surface area contributed by atoms with E-state index in [-0.39, 0.29) is 23.5 Å². The van der Waals surface area contributed by atoms with Gasteiger partial charge in [-0.05, 0) is 49.2 Å². The lowest BCUT2D eigenvalue weighted by atomic mass is 10.0. The lowest BCUT2D eigenvalue weighted by molar-refractivity contribution is -0.117. The summed E-state index contributed by atoms with van der Waals surface area (Å²) < 4.78 is 31.0. The van der Waals surface area contributed by atoms with Crippen LogP contribution < -0.4 is 9.80 Å². The van der Waals surface area contributed by atoms with Gasteiger partial charge in [-0.2, -0.15) is 0 Å². The Morgan fingerprint density at radius 1 is 1.06 bits per heavy atom. The van der Waals surface area contributed by atoms with Crippen molar-refractivity contribution in [1.82, 2.24) is 4.31 Å². The van der Waals surface area contributed by atoms with Crippen LogP contribution in [0.3, 0.4) is 0 Å². The predicted octanol–water partition coefficient (Wildman–Crippen LogP) is 3.32. The third kappa shape index (κ3) is 4.28. The molecule has 1 heterocycles. The average molecular weight is 446 g/mol. The summed E-state index contributed by atoms with van der Waals surface area (Å²) in [6.45, 7) is 5.69. The van der Waals surface area contributed by atoms with Crippen LogP contribution in [0.5, 0.6) is 0 Å². The van der Waals surface area contributed by atoms with Gasteiger partial charge in [0.25, 0.3) is 0 Å². The largest absolute Gasteiger partial charge is 0.449 e. The van der Waals surface area contributed by atoms with Gasteiger partial charge in [0.05, 0.1) is 28.9 Å². The molecule has 9 heteroatoms. The van der Waals surface area contributed by atoms with E-state index in [2.05, 4.69) is 0 Å². The number of nitrogens with zero attached hydrogens (tertiary/aromatic N) is 3. The number of carbonyl (C=O) groups excluding carboxylic acids is 2. The Morgan fingerprint density at radius 3 is 2.23 bits per heavy atom. The summed E-state index contributed by atoms with van der Waals surface area (Å²) in [6.07, 6.45) is -0.469. The molecule has 166 valence electrons. The summed E-state index contributed by atoms with van der Waals surface area (Å²) in [5.41, 5.74) is 2.79. The monoisotopic (exact) mass is 445 g/mol. The highest BCUT2D eigenvalue weighted by Gasteiger charge is 2.34. The van der Waals surface area contributed by atoms with Crippen molar-refractivity contribution >= 4 is 33.4 Å². The highest BCUT2D eigenvalue weighted by atomic mass is 32.2. The average Bonchev–Trinajstić information content (AvgIpc) is 2.72. The third-order valence-electron chi connectivity index (χ3n) is 5.21. The highest BCUT2D eigenvalue weighted by molar-refractivity contribution is 7.89. The highest BCUT2D eigenvalue weighted by Crippen LogP contribution is 2.39. The molecule has 8 nitrogen and oxygen atoms in total. The Balaban J connectivity index is 2.06. The zero-order valence-corrected chi connectivity index (χ0v) is 19.1. The Hall–Kier alpha value is -2.91. The maximum atomic E-state index is 12.6. The van der Waals surface area contributed by atoms with Crippen LogP contribution in [-0.2, 0) is 19.6 Å². The molecule has 1 aliphatic heterocycles. The van der Waals surface area contributed by atoms with Crippen LogP contribution in [-0.4, -0.2) is 58.0 Å². The molecule has 2 amide bonds. The zero-order chi connectivity index (χ0) is 22.9. The van der Waals surface area contributed by atoms with Gasteiger partial charge in [0, 0.05) is 27.6 Å². The molecular weight excluding hydrogens is 418 g/mol. The molecule has 1 atom stereocenters. The summed E-state index contributed by atoms with van der Waals surface area (Å²) in [5, 5.41) is 0. The van der Waals surface area contributed by atoms with Crippen LogP contribution in [0.25, 0.3) is 11.1 Å². The van der Waals surface area contributed by atoms with Gasteiger partial charge in [0.2, 0.25) is 15.9 Å². The van der Waals surface area contributed by atoms with Crippen molar-refractivity contribution in [3.63, 3.8) is 0 Å². The minimum absolute atomic E-state index is 0.108. The number of ether oxygens (including phenoxy) is 1. The fraction of sp³-hybridized carbons (Fsp3) is 0.364. The van der Waals surface area contributed by atoms with Gasteiger partial charge < -0.3 is 9.64 Å². The Labute approximate surface area is 183 Å². The van der Waals surface area contributed by atoms with Crippen molar-refractivity contribution in [2.24, 2.45) is 0 Å². The molecule has 1 aliphatic rings.